The molecule has 1 heterocycles. The topological polar surface area (TPSA) is 12.5 Å². The highest BCUT2D eigenvalue weighted by atomic mass is 16.5. The second-order valence-corrected chi connectivity index (χ2v) is 5.38. The van der Waals surface area contributed by atoms with Gasteiger partial charge in [-0.1, -0.05) is 13.8 Å². The number of hydrogen-bond donors (Lipinski definition) is 0. The van der Waals surface area contributed by atoms with Gasteiger partial charge in [0.05, 0.1) is 6.10 Å². The number of piperidine rings is 1. The highest BCUT2D eigenvalue weighted by Gasteiger charge is 2.20. The Morgan fingerprint density at radius 1 is 1.13 bits per heavy atom. The lowest BCUT2D eigenvalue weighted by molar-refractivity contribution is -0.00253. The SMILES string of the molecule is CC(C)CCOC1CCN(C(C)C)CC1. The lowest BCUT2D eigenvalue weighted by Crippen LogP contribution is -2.41. The van der Waals surface area contributed by atoms with E-state index < -0.39 is 0 Å². The third kappa shape index (κ3) is 4.98. The Labute approximate surface area is 95.0 Å². The first-order valence-electron chi connectivity index (χ1n) is 6.45. The quantitative estimate of drug-likeness (QED) is 0.696. The van der Waals surface area contributed by atoms with Gasteiger partial charge in [-0.05, 0) is 39.0 Å². The summed E-state index contributed by atoms with van der Waals surface area (Å²) in [5, 5.41) is 0. The summed E-state index contributed by atoms with van der Waals surface area (Å²) in [6.45, 7) is 12.4. The molecular weight excluding hydrogens is 186 g/mol. The van der Waals surface area contributed by atoms with Crippen LogP contribution in [-0.2, 0) is 4.74 Å². The summed E-state index contributed by atoms with van der Waals surface area (Å²) in [6, 6.07) is 0.696. The van der Waals surface area contributed by atoms with Gasteiger partial charge < -0.3 is 9.64 Å². The molecule has 1 aliphatic rings. The number of ether oxygens (including phenoxy) is 1. The molecule has 1 saturated heterocycles. The molecule has 0 unspecified atom stereocenters. The molecule has 2 nitrogen and oxygen atoms in total. The summed E-state index contributed by atoms with van der Waals surface area (Å²) in [6.07, 6.45) is 4.16. The maximum absolute atomic E-state index is 5.90. The molecule has 0 spiro atoms. The van der Waals surface area contributed by atoms with E-state index in [4.69, 9.17) is 4.74 Å². The van der Waals surface area contributed by atoms with Crippen molar-refractivity contribution in [3.8, 4) is 0 Å². The summed E-state index contributed by atoms with van der Waals surface area (Å²) in [5.41, 5.74) is 0. The van der Waals surface area contributed by atoms with Crippen LogP contribution in [0.15, 0.2) is 0 Å². The van der Waals surface area contributed by atoms with E-state index in [1.54, 1.807) is 0 Å². The fourth-order valence-electron chi connectivity index (χ4n) is 2.03. The minimum Gasteiger partial charge on any atom is -0.378 e. The van der Waals surface area contributed by atoms with Gasteiger partial charge >= 0.3 is 0 Å². The zero-order valence-corrected chi connectivity index (χ0v) is 10.8. The molecular formula is C13H27NO. The maximum Gasteiger partial charge on any atom is 0.0599 e. The van der Waals surface area contributed by atoms with E-state index in [-0.39, 0.29) is 0 Å². The van der Waals surface area contributed by atoms with Crippen molar-refractivity contribution < 1.29 is 4.74 Å². The van der Waals surface area contributed by atoms with Gasteiger partial charge in [0, 0.05) is 25.7 Å². The van der Waals surface area contributed by atoms with Crippen molar-refractivity contribution in [1.82, 2.24) is 4.90 Å². The van der Waals surface area contributed by atoms with Gasteiger partial charge in [-0.3, -0.25) is 0 Å². The van der Waals surface area contributed by atoms with E-state index in [2.05, 4.69) is 32.6 Å². The van der Waals surface area contributed by atoms with Gasteiger partial charge in [0.1, 0.15) is 0 Å². The fraction of sp³-hybridized carbons (Fsp3) is 1.00. The summed E-state index contributed by atoms with van der Waals surface area (Å²) >= 11 is 0. The molecule has 2 heteroatoms. The van der Waals surface area contributed by atoms with Crippen LogP contribution >= 0.6 is 0 Å². The van der Waals surface area contributed by atoms with Crippen LogP contribution in [0.5, 0.6) is 0 Å². The molecule has 15 heavy (non-hydrogen) atoms. The Morgan fingerprint density at radius 2 is 1.73 bits per heavy atom. The summed E-state index contributed by atoms with van der Waals surface area (Å²) < 4.78 is 5.90. The van der Waals surface area contributed by atoms with Gasteiger partial charge in [0.2, 0.25) is 0 Å². The van der Waals surface area contributed by atoms with E-state index in [1.165, 1.54) is 32.4 Å². The molecule has 0 amide bonds. The second kappa shape index (κ2) is 6.49. The minimum atomic E-state index is 0.527. The number of hydrogen-bond acceptors (Lipinski definition) is 2. The minimum absolute atomic E-state index is 0.527. The lowest BCUT2D eigenvalue weighted by atomic mass is 10.1. The summed E-state index contributed by atoms with van der Waals surface area (Å²) in [5.74, 6) is 0.765. The second-order valence-electron chi connectivity index (χ2n) is 5.38. The molecule has 0 saturated carbocycles. The molecule has 0 atom stereocenters. The van der Waals surface area contributed by atoms with Gasteiger partial charge in [-0.15, -0.1) is 0 Å². The Hall–Kier alpha value is -0.0800. The molecule has 0 radical (unpaired) electrons. The van der Waals surface area contributed by atoms with E-state index in [9.17, 15) is 0 Å². The van der Waals surface area contributed by atoms with Crippen molar-refractivity contribution in [3.63, 3.8) is 0 Å². The molecule has 1 rings (SSSR count). The van der Waals surface area contributed by atoms with E-state index in [1.807, 2.05) is 0 Å². The largest absolute Gasteiger partial charge is 0.378 e. The number of nitrogens with zero attached hydrogens (tertiary/aromatic N) is 1. The normalized spacial score (nSPS) is 20.4. The van der Waals surface area contributed by atoms with Crippen molar-refractivity contribution in [2.75, 3.05) is 19.7 Å². The number of likely N-dealkylation sites (tertiary alicyclic amines) is 1. The predicted octanol–water partition coefficient (Wildman–Crippen LogP) is 2.92. The monoisotopic (exact) mass is 213 g/mol. The van der Waals surface area contributed by atoms with Gasteiger partial charge in [0.15, 0.2) is 0 Å². The Kier molecular flexibility index (Phi) is 5.62. The highest BCUT2D eigenvalue weighted by Crippen LogP contribution is 2.16. The summed E-state index contributed by atoms with van der Waals surface area (Å²) in [4.78, 5) is 2.54. The van der Waals surface area contributed by atoms with Crippen LogP contribution in [0.2, 0.25) is 0 Å². The molecule has 0 aromatic rings. The average molecular weight is 213 g/mol. The van der Waals surface area contributed by atoms with Crippen molar-refractivity contribution in [1.29, 1.82) is 0 Å². The van der Waals surface area contributed by atoms with E-state index >= 15 is 0 Å². The molecule has 0 N–H and O–H groups in total. The lowest BCUT2D eigenvalue weighted by Gasteiger charge is -2.34. The van der Waals surface area contributed by atoms with Crippen molar-refractivity contribution in [3.05, 3.63) is 0 Å². The summed E-state index contributed by atoms with van der Waals surface area (Å²) in [7, 11) is 0. The third-order valence-electron chi connectivity index (χ3n) is 3.26. The smallest absolute Gasteiger partial charge is 0.0599 e. The fourth-order valence-corrected chi connectivity index (χ4v) is 2.03. The molecule has 0 aliphatic carbocycles. The molecule has 0 bridgehead atoms. The first-order valence-corrected chi connectivity index (χ1v) is 6.45. The molecule has 1 aliphatic heterocycles. The zero-order valence-electron chi connectivity index (χ0n) is 10.8. The van der Waals surface area contributed by atoms with Crippen LogP contribution in [0.3, 0.4) is 0 Å². The first kappa shape index (κ1) is 13.0. The van der Waals surface area contributed by atoms with Gasteiger partial charge in [-0.25, -0.2) is 0 Å². The van der Waals surface area contributed by atoms with Crippen LogP contribution in [0.25, 0.3) is 0 Å². The molecule has 90 valence electrons. The van der Waals surface area contributed by atoms with Crippen LogP contribution in [-0.4, -0.2) is 36.7 Å². The van der Waals surface area contributed by atoms with Crippen LogP contribution < -0.4 is 0 Å². The van der Waals surface area contributed by atoms with Gasteiger partial charge in [-0.2, -0.15) is 0 Å². The van der Waals surface area contributed by atoms with Crippen LogP contribution in [0, 0.1) is 5.92 Å². The molecule has 0 aromatic carbocycles. The van der Waals surface area contributed by atoms with Crippen molar-refractivity contribution >= 4 is 0 Å². The number of rotatable bonds is 5. The zero-order chi connectivity index (χ0) is 11.3. The molecule has 0 aromatic heterocycles. The van der Waals surface area contributed by atoms with E-state index in [0.717, 1.165) is 12.5 Å². The highest BCUT2D eigenvalue weighted by molar-refractivity contribution is 4.74. The Morgan fingerprint density at radius 3 is 2.20 bits per heavy atom. The standard InChI is InChI=1S/C13H27NO/c1-11(2)7-10-15-13-5-8-14(9-6-13)12(3)4/h11-13H,5-10H2,1-4H3. The third-order valence-corrected chi connectivity index (χ3v) is 3.26. The van der Waals surface area contributed by atoms with E-state index in [0.29, 0.717) is 12.1 Å². The molecule has 1 fully saturated rings. The predicted molar refractivity (Wildman–Crippen MR) is 65.1 cm³/mol. The van der Waals surface area contributed by atoms with Crippen molar-refractivity contribution in [2.24, 2.45) is 5.92 Å². The van der Waals surface area contributed by atoms with Gasteiger partial charge in [0.25, 0.3) is 0 Å². The van der Waals surface area contributed by atoms with Crippen LogP contribution in [0.1, 0.15) is 47.0 Å². The Balaban J connectivity index is 2.09. The van der Waals surface area contributed by atoms with Crippen LogP contribution in [0.4, 0.5) is 0 Å². The average Bonchev–Trinajstić information content (AvgIpc) is 2.18. The Bertz CT molecular complexity index is 157. The van der Waals surface area contributed by atoms with Crippen molar-refractivity contribution in [2.45, 2.75) is 59.1 Å². The first-order chi connectivity index (χ1) is 7.09. The maximum atomic E-state index is 5.90.